The Kier molecular flexibility index (Phi) is 5.67. The topological polar surface area (TPSA) is 56.1 Å². The molecule has 6 heteroatoms. The molecule has 28 heavy (non-hydrogen) atoms. The summed E-state index contributed by atoms with van der Waals surface area (Å²) in [6.45, 7) is 7.65. The van der Waals surface area contributed by atoms with Crippen LogP contribution < -0.4 is 4.74 Å². The molecule has 0 bridgehead atoms. The van der Waals surface area contributed by atoms with E-state index in [0.717, 1.165) is 50.7 Å². The summed E-state index contributed by atoms with van der Waals surface area (Å²) in [6.07, 6.45) is 2.21. The number of ether oxygens (including phenoxy) is 1. The molecule has 0 amide bonds. The van der Waals surface area contributed by atoms with Crippen molar-refractivity contribution in [2.24, 2.45) is 0 Å². The zero-order chi connectivity index (χ0) is 19.3. The Morgan fingerprint density at radius 1 is 1.11 bits per heavy atom. The summed E-state index contributed by atoms with van der Waals surface area (Å²) in [5, 5.41) is 12.4. The molecule has 0 fully saturated rings. The van der Waals surface area contributed by atoms with Crippen molar-refractivity contribution >= 4 is 0 Å². The standard InChI is InChI=1S/C22H27N5O/c1-3-4-14-28-20-10-8-19(9-11-20)21-22-23-24-25-27(22)13-12-26(21)16-18-7-5-6-17(2)15-18/h5-11,15,21H,3-4,12-14,16H2,1-2H3. The van der Waals surface area contributed by atoms with Crippen LogP contribution in [0.3, 0.4) is 0 Å². The van der Waals surface area contributed by atoms with E-state index in [9.17, 15) is 0 Å². The van der Waals surface area contributed by atoms with Crippen molar-refractivity contribution < 1.29 is 4.74 Å². The molecule has 2 aromatic carbocycles. The lowest BCUT2D eigenvalue weighted by Gasteiger charge is -2.35. The van der Waals surface area contributed by atoms with Crippen molar-refractivity contribution in [3.8, 4) is 5.75 Å². The molecule has 3 aromatic rings. The number of unbranched alkanes of at least 4 members (excludes halogenated alkanes) is 1. The fourth-order valence-electron chi connectivity index (χ4n) is 3.74. The van der Waals surface area contributed by atoms with Gasteiger partial charge in [0.2, 0.25) is 0 Å². The number of rotatable bonds is 7. The first-order chi connectivity index (χ1) is 13.7. The first kappa shape index (κ1) is 18.6. The molecule has 0 radical (unpaired) electrons. The number of benzene rings is 2. The minimum Gasteiger partial charge on any atom is -0.494 e. The number of nitrogens with zero attached hydrogens (tertiary/aromatic N) is 5. The summed E-state index contributed by atoms with van der Waals surface area (Å²) in [4.78, 5) is 2.45. The summed E-state index contributed by atoms with van der Waals surface area (Å²) >= 11 is 0. The zero-order valence-corrected chi connectivity index (χ0v) is 16.6. The second kappa shape index (κ2) is 8.52. The normalized spacial score (nSPS) is 16.7. The van der Waals surface area contributed by atoms with Crippen LogP contribution in [0.5, 0.6) is 5.75 Å². The highest BCUT2D eigenvalue weighted by Gasteiger charge is 2.31. The van der Waals surface area contributed by atoms with Crippen LogP contribution in [0.15, 0.2) is 48.5 Å². The molecule has 1 aliphatic heterocycles. The predicted molar refractivity (Wildman–Crippen MR) is 108 cm³/mol. The van der Waals surface area contributed by atoms with Crippen LogP contribution in [0.25, 0.3) is 0 Å². The Morgan fingerprint density at radius 3 is 2.75 bits per heavy atom. The maximum absolute atomic E-state index is 5.82. The summed E-state index contributed by atoms with van der Waals surface area (Å²) in [7, 11) is 0. The van der Waals surface area contributed by atoms with Gasteiger partial charge in [0, 0.05) is 13.1 Å². The van der Waals surface area contributed by atoms with Crippen LogP contribution in [0.1, 0.15) is 48.3 Å². The van der Waals surface area contributed by atoms with E-state index in [1.54, 1.807) is 0 Å². The third kappa shape index (κ3) is 4.07. The van der Waals surface area contributed by atoms with E-state index < -0.39 is 0 Å². The van der Waals surface area contributed by atoms with Crippen molar-refractivity contribution in [2.75, 3.05) is 13.2 Å². The smallest absolute Gasteiger partial charge is 0.173 e. The van der Waals surface area contributed by atoms with E-state index in [0.29, 0.717) is 0 Å². The van der Waals surface area contributed by atoms with Gasteiger partial charge in [-0.2, -0.15) is 0 Å². The fourth-order valence-corrected chi connectivity index (χ4v) is 3.74. The number of fused-ring (bicyclic) bond motifs is 1. The van der Waals surface area contributed by atoms with Crippen molar-refractivity contribution in [1.82, 2.24) is 25.1 Å². The van der Waals surface area contributed by atoms with Gasteiger partial charge in [0.05, 0.1) is 19.2 Å². The van der Waals surface area contributed by atoms with Gasteiger partial charge in [-0.1, -0.05) is 55.3 Å². The van der Waals surface area contributed by atoms with Gasteiger partial charge in [-0.15, -0.1) is 5.10 Å². The maximum Gasteiger partial charge on any atom is 0.173 e. The average Bonchev–Trinajstić information content (AvgIpc) is 3.18. The lowest BCUT2D eigenvalue weighted by Crippen LogP contribution is -2.39. The summed E-state index contributed by atoms with van der Waals surface area (Å²) in [5.41, 5.74) is 3.78. The molecule has 0 aliphatic carbocycles. The lowest BCUT2D eigenvalue weighted by molar-refractivity contribution is 0.164. The van der Waals surface area contributed by atoms with E-state index >= 15 is 0 Å². The lowest BCUT2D eigenvalue weighted by atomic mass is 10.0. The number of hydrogen-bond acceptors (Lipinski definition) is 5. The van der Waals surface area contributed by atoms with Gasteiger partial charge in [-0.3, -0.25) is 4.90 Å². The first-order valence-electron chi connectivity index (χ1n) is 10.0. The Hall–Kier alpha value is -2.73. The largest absolute Gasteiger partial charge is 0.494 e. The van der Waals surface area contributed by atoms with Crippen LogP contribution in [0.4, 0.5) is 0 Å². The minimum atomic E-state index is 0.0361. The molecular weight excluding hydrogens is 350 g/mol. The monoisotopic (exact) mass is 377 g/mol. The van der Waals surface area contributed by atoms with Crippen molar-refractivity contribution in [3.05, 3.63) is 71.0 Å². The van der Waals surface area contributed by atoms with Gasteiger partial charge < -0.3 is 4.74 Å². The van der Waals surface area contributed by atoms with Gasteiger partial charge in [-0.05, 0) is 47.0 Å². The summed E-state index contributed by atoms with van der Waals surface area (Å²) in [6, 6.07) is 17.1. The maximum atomic E-state index is 5.82. The molecular formula is C22H27N5O. The molecule has 1 atom stereocenters. The second-order valence-corrected chi connectivity index (χ2v) is 7.39. The van der Waals surface area contributed by atoms with E-state index in [1.165, 1.54) is 16.7 Å². The number of aromatic nitrogens is 4. The Morgan fingerprint density at radius 2 is 1.96 bits per heavy atom. The van der Waals surface area contributed by atoms with Crippen molar-refractivity contribution in [3.63, 3.8) is 0 Å². The molecule has 0 spiro atoms. The van der Waals surface area contributed by atoms with E-state index in [1.807, 2.05) is 4.68 Å². The van der Waals surface area contributed by atoms with E-state index in [2.05, 4.69) is 82.8 Å². The van der Waals surface area contributed by atoms with Crippen LogP contribution in [-0.2, 0) is 13.1 Å². The van der Waals surface area contributed by atoms with Gasteiger partial charge in [0.15, 0.2) is 5.82 Å². The van der Waals surface area contributed by atoms with Gasteiger partial charge in [0.1, 0.15) is 5.75 Å². The molecule has 146 valence electrons. The third-order valence-electron chi connectivity index (χ3n) is 5.20. The first-order valence-corrected chi connectivity index (χ1v) is 10.0. The van der Waals surface area contributed by atoms with Crippen LogP contribution in [0, 0.1) is 6.92 Å². The van der Waals surface area contributed by atoms with Crippen molar-refractivity contribution in [2.45, 2.75) is 45.8 Å². The van der Waals surface area contributed by atoms with Gasteiger partial charge in [0.25, 0.3) is 0 Å². The molecule has 2 heterocycles. The third-order valence-corrected chi connectivity index (χ3v) is 5.20. The molecule has 6 nitrogen and oxygen atoms in total. The molecule has 4 rings (SSSR count). The van der Waals surface area contributed by atoms with Gasteiger partial charge in [-0.25, -0.2) is 4.68 Å². The Balaban J connectivity index is 1.59. The Labute approximate surface area is 166 Å². The average molecular weight is 377 g/mol. The fraction of sp³-hybridized carbons (Fsp3) is 0.409. The molecule has 1 unspecified atom stereocenters. The van der Waals surface area contributed by atoms with Crippen molar-refractivity contribution in [1.29, 1.82) is 0 Å². The number of hydrogen-bond donors (Lipinski definition) is 0. The minimum absolute atomic E-state index is 0.0361. The zero-order valence-electron chi connectivity index (χ0n) is 16.6. The highest BCUT2D eigenvalue weighted by Crippen LogP contribution is 2.32. The molecule has 1 aliphatic rings. The molecule has 0 saturated carbocycles. The summed E-state index contributed by atoms with van der Waals surface area (Å²) in [5.74, 6) is 1.82. The number of aryl methyl sites for hydroxylation is 1. The molecule has 1 aromatic heterocycles. The molecule has 0 saturated heterocycles. The van der Waals surface area contributed by atoms with E-state index in [-0.39, 0.29) is 6.04 Å². The summed E-state index contributed by atoms with van der Waals surface area (Å²) < 4.78 is 7.74. The van der Waals surface area contributed by atoms with Crippen LogP contribution >= 0.6 is 0 Å². The van der Waals surface area contributed by atoms with E-state index in [4.69, 9.17) is 4.74 Å². The highest BCUT2D eigenvalue weighted by molar-refractivity contribution is 5.33. The van der Waals surface area contributed by atoms with Crippen LogP contribution in [0.2, 0.25) is 0 Å². The molecule has 0 N–H and O–H groups in total. The predicted octanol–water partition coefficient (Wildman–Crippen LogP) is 3.77. The SMILES string of the molecule is CCCCOc1ccc(C2c3nnnn3CCN2Cc2cccc(C)c2)cc1. The van der Waals surface area contributed by atoms with Gasteiger partial charge >= 0.3 is 0 Å². The second-order valence-electron chi connectivity index (χ2n) is 7.39. The van der Waals surface area contributed by atoms with Crippen LogP contribution in [-0.4, -0.2) is 38.3 Å². The Bertz CT molecular complexity index is 905. The quantitative estimate of drug-likeness (QED) is 0.587. The highest BCUT2D eigenvalue weighted by atomic mass is 16.5. The number of tetrazole rings is 1.